The van der Waals surface area contributed by atoms with E-state index in [0.717, 1.165) is 31.9 Å². The van der Waals surface area contributed by atoms with Crippen molar-refractivity contribution in [2.45, 2.75) is 33.9 Å². The molecular formula is C17H24N2O. The minimum Gasteiger partial charge on any atom is -0.467 e. The van der Waals surface area contributed by atoms with E-state index >= 15 is 0 Å². The molecule has 0 aliphatic carbocycles. The number of aryl methyl sites for hydroxylation is 1. The monoisotopic (exact) mass is 272 g/mol. The highest BCUT2D eigenvalue weighted by Crippen LogP contribution is 2.19. The zero-order chi connectivity index (χ0) is 14.4. The van der Waals surface area contributed by atoms with Crippen molar-refractivity contribution in [3.63, 3.8) is 0 Å². The van der Waals surface area contributed by atoms with Crippen LogP contribution in [-0.4, -0.2) is 18.0 Å². The van der Waals surface area contributed by atoms with Gasteiger partial charge in [0.25, 0.3) is 0 Å². The summed E-state index contributed by atoms with van der Waals surface area (Å²) in [5.74, 6) is 1.00. The van der Waals surface area contributed by atoms with E-state index in [-0.39, 0.29) is 0 Å². The Bertz CT molecular complexity index is 529. The predicted molar refractivity (Wildman–Crippen MR) is 83.8 cm³/mol. The van der Waals surface area contributed by atoms with Crippen LogP contribution in [0.1, 0.15) is 30.7 Å². The van der Waals surface area contributed by atoms with Crippen molar-refractivity contribution in [1.29, 1.82) is 0 Å². The maximum atomic E-state index is 5.48. The van der Waals surface area contributed by atoms with E-state index in [2.05, 4.69) is 55.3 Å². The van der Waals surface area contributed by atoms with Crippen LogP contribution < -0.4 is 5.32 Å². The molecule has 0 atom stereocenters. The highest BCUT2D eigenvalue weighted by Gasteiger charge is 2.07. The third-order valence-corrected chi connectivity index (χ3v) is 3.71. The van der Waals surface area contributed by atoms with Crippen molar-refractivity contribution in [2.24, 2.45) is 0 Å². The molecule has 0 fully saturated rings. The van der Waals surface area contributed by atoms with Crippen molar-refractivity contribution in [3.8, 4) is 0 Å². The van der Waals surface area contributed by atoms with Crippen LogP contribution in [-0.2, 0) is 13.1 Å². The van der Waals surface area contributed by atoms with Gasteiger partial charge in [0.15, 0.2) is 0 Å². The van der Waals surface area contributed by atoms with Gasteiger partial charge in [0.2, 0.25) is 0 Å². The number of benzene rings is 1. The van der Waals surface area contributed by atoms with Crippen LogP contribution in [0.15, 0.2) is 41.0 Å². The van der Waals surface area contributed by atoms with Gasteiger partial charge in [0, 0.05) is 12.2 Å². The molecule has 0 aliphatic heterocycles. The standard InChI is InChI=1S/C17H24N2O/c1-4-19(5-2)13-15-8-6-7-9-16(15)18-12-17-14(3)10-11-20-17/h6-11,18H,4-5,12-13H2,1-3H3. The van der Waals surface area contributed by atoms with Gasteiger partial charge in [0.1, 0.15) is 5.76 Å². The van der Waals surface area contributed by atoms with Crippen LogP contribution in [0.2, 0.25) is 0 Å². The third-order valence-electron chi connectivity index (χ3n) is 3.71. The first-order valence-electron chi connectivity index (χ1n) is 7.31. The lowest BCUT2D eigenvalue weighted by Crippen LogP contribution is -2.22. The average Bonchev–Trinajstić information content (AvgIpc) is 2.89. The van der Waals surface area contributed by atoms with Gasteiger partial charge in [-0.15, -0.1) is 0 Å². The smallest absolute Gasteiger partial charge is 0.125 e. The summed E-state index contributed by atoms with van der Waals surface area (Å²) in [4.78, 5) is 2.42. The van der Waals surface area contributed by atoms with Gasteiger partial charge >= 0.3 is 0 Å². The Labute approximate surface area is 121 Å². The molecule has 0 radical (unpaired) electrons. The minimum atomic E-state index is 0.730. The summed E-state index contributed by atoms with van der Waals surface area (Å²) in [6.07, 6.45) is 1.74. The first kappa shape index (κ1) is 14.7. The van der Waals surface area contributed by atoms with E-state index < -0.39 is 0 Å². The van der Waals surface area contributed by atoms with E-state index in [4.69, 9.17) is 4.42 Å². The van der Waals surface area contributed by atoms with Gasteiger partial charge in [-0.05, 0) is 43.3 Å². The Morgan fingerprint density at radius 3 is 2.50 bits per heavy atom. The fourth-order valence-corrected chi connectivity index (χ4v) is 2.28. The fraction of sp³-hybridized carbons (Fsp3) is 0.412. The van der Waals surface area contributed by atoms with E-state index in [1.807, 2.05) is 6.07 Å². The minimum absolute atomic E-state index is 0.730. The van der Waals surface area contributed by atoms with Crippen molar-refractivity contribution in [1.82, 2.24) is 4.90 Å². The number of nitrogens with zero attached hydrogens (tertiary/aromatic N) is 1. The van der Waals surface area contributed by atoms with E-state index in [1.165, 1.54) is 16.8 Å². The van der Waals surface area contributed by atoms with Crippen LogP contribution in [0.5, 0.6) is 0 Å². The van der Waals surface area contributed by atoms with Crippen LogP contribution in [0.3, 0.4) is 0 Å². The van der Waals surface area contributed by atoms with Crippen LogP contribution >= 0.6 is 0 Å². The number of hydrogen-bond acceptors (Lipinski definition) is 3. The number of para-hydroxylation sites is 1. The summed E-state index contributed by atoms with van der Waals surface area (Å²) in [5.41, 5.74) is 3.72. The SMILES string of the molecule is CCN(CC)Cc1ccccc1NCc1occc1C. The van der Waals surface area contributed by atoms with Crippen molar-refractivity contribution in [3.05, 3.63) is 53.5 Å². The summed E-state index contributed by atoms with van der Waals surface area (Å²) < 4.78 is 5.48. The molecule has 0 bridgehead atoms. The van der Waals surface area contributed by atoms with Gasteiger partial charge in [-0.25, -0.2) is 0 Å². The zero-order valence-electron chi connectivity index (χ0n) is 12.6. The quantitative estimate of drug-likeness (QED) is 0.824. The Hall–Kier alpha value is -1.74. The molecule has 1 heterocycles. The summed E-state index contributed by atoms with van der Waals surface area (Å²) in [5, 5.41) is 3.49. The van der Waals surface area contributed by atoms with E-state index in [9.17, 15) is 0 Å². The second kappa shape index (κ2) is 7.15. The number of rotatable bonds is 7. The lowest BCUT2D eigenvalue weighted by molar-refractivity contribution is 0.296. The van der Waals surface area contributed by atoms with Gasteiger partial charge in [-0.2, -0.15) is 0 Å². The van der Waals surface area contributed by atoms with Gasteiger partial charge in [-0.3, -0.25) is 4.90 Å². The van der Waals surface area contributed by atoms with Crippen molar-refractivity contribution >= 4 is 5.69 Å². The Morgan fingerprint density at radius 2 is 1.85 bits per heavy atom. The van der Waals surface area contributed by atoms with E-state index in [0.29, 0.717) is 0 Å². The zero-order valence-corrected chi connectivity index (χ0v) is 12.6. The third kappa shape index (κ3) is 3.64. The molecule has 1 aromatic carbocycles. The van der Waals surface area contributed by atoms with Gasteiger partial charge < -0.3 is 9.73 Å². The highest BCUT2D eigenvalue weighted by atomic mass is 16.3. The lowest BCUT2D eigenvalue weighted by atomic mass is 10.1. The maximum Gasteiger partial charge on any atom is 0.125 e. The van der Waals surface area contributed by atoms with Crippen molar-refractivity contribution in [2.75, 3.05) is 18.4 Å². The molecule has 3 nitrogen and oxygen atoms in total. The highest BCUT2D eigenvalue weighted by molar-refractivity contribution is 5.51. The molecule has 2 rings (SSSR count). The van der Waals surface area contributed by atoms with Crippen LogP contribution in [0.25, 0.3) is 0 Å². The van der Waals surface area contributed by atoms with Gasteiger partial charge in [-0.1, -0.05) is 32.0 Å². The summed E-state index contributed by atoms with van der Waals surface area (Å²) in [7, 11) is 0. The number of hydrogen-bond donors (Lipinski definition) is 1. The molecule has 1 N–H and O–H groups in total. The van der Waals surface area contributed by atoms with Crippen molar-refractivity contribution < 1.29 is 4.42 Å². The molecule has 0 aliphatic rings. The molecular weight excluding hydrogens is 248 g/mol. The summed E-state index contributed by atoms with van der Waals surface area (Å²) >= 11 is 0. The molecule has 0 spiro atoms. The largest absolute Gasteiger partial charge is 0.467 e. The molecule has 3 heteroatoms. The summed E-state index contributed by atoms with van der Waals surface area (Å²) in [6, 6.07) is 10.5. The Balaban J connectivity index is 2.06. The molecule has 1 aromatic heterocycles. The normalized spacial score (nSPS) is 11.0. The summed E-state index contributed by atoms with van der Waals surface area (Å²) in [6.45, 7) is 10.3. The second-order valence-electron chi connectivity index (χ2n) is 5.00. The molecule has 108 valence electrons. The predicted octanol–water partition coefficient (Wildman–Crippen LogP) is 4.04. The van der Waals surface area contributed by atoms with Crippen LogP contribution in [0, 0.1) is 6.92 Å². The topological polar surface area (TPSA) is 28.4 Å². The number of anilines is 1. The molecule has 0 saturated carbocycles. The Morgan fingerprint density at radius 1 is 1.10 bits per heavy atom. The molecule has 0 unspecified atom stereocenters. The fourth-order valence-electron chi connectivity index (χ4n) is 2.28. The van der Waals surface area contributed by atoms with Gasteiger partial charge in [0.05, 0.1) is 12.8 Å². The Kier molecular flexibility index (Phi) is 5.24. The molecule has 20 heavy (non-hydrogen) atoms. The first-order chi connectivity index (χ1) is 9.74. The van der Waals surface area contributed by atoms with E-state index in [1.54, 1.807) is 6.26 Å². The lowest BCUT2D eigenvalue weighted by Gasteiger charge is -2.20. The molecule has 2 aromatic rings. The second-order valence-corrected chi connectivity index (χ2v) is 5.00. The number of nitrogens with one attached hydrogen (secondary N) is 1. The molecule has 0 saturated heterocycles. The maximum absolute atomic E-state index is 5.48. The average molecular weight is 272 g/mol. The first-order valence-corrected chi connectivity index (χ1v) is 7.31. The van der Waals surface area contributed by atoms with Crippen LogP contribution in [0.4, 0.5) is 5.69 Å². The molecule has 0 amide bonds. The number of furan rings is 1.